The third-order valence-corrected chi connectivity index (χ3v) is 5.46. The lowest BCUT2D eigenvalue weighted by molar-refractivity contribution is -0.116. The van der Waals surface area contributed by atoms with Gasteiger partial charge < -0.3 is 9.73 Å². The fourth-order valence-corrected chi connectivity index (χ4v) is 2.69. The third kappa shape index (κ3) is 6.86. The van der Waals surface area contributed by atoms with Gasteiger partial charge in [-0.05, 0) is 57.1 Å². The predicted octanol–water partition coefficient (Wildman–Crippen LogP) is 6.45. The van der Waals surface area contributed by atoms with E-state index in [1.807, 2.05) is 47.6 Å². The lowest BCUT2D eigenvalue weighted by Crippen LogP contribution is -2.30. The molecule has 156 valence electrons. The van der Waals surface area contributed by atoms with Crippen molar-refractivity contribution in [3.8, 4) is 0 Å². The van der Waals surface area contributed by atoms with Crippen molar-refractivity contribution in [2.75, 3.05) is 0 Å². The predicted molar refractivity (Wildman–Crippen MR) is 123 cm³/mol. The Morgan fingerprint density at radius 2 is 1.86 bits per heavy atom. The molecule has 0 radical (unpaired) electrons. The van der Waals surface area contributed by atoms with Crippen molar-refractivity contribution in [1.82, 2.24) is 5.32 Å². The lowest BCUT2D eigenvalue weighted by atomic mass is 9.93. The molecule has 0 saturated heterocycles. The summed E-state index contributed by atoms with van der Waals surface area (Å²) in [5, 5.41) is 2.70. The number of aryl methyl sites for hydroxylation is 1. The monoisotopic (exact) mass is 459 g/mol. The molecule has 1 heterocycles. The summed E-state index contributed by atoms with van der Waals surface area (Å²) in [5.41, 5.74) is 2.39. The smallest absolute Gasteiger partial charge is 0.296 e. The van der Waals surface area contributed by atoms with Gasteiger partial charge in [0.15, 0.2) is 0 Å². The van der Waals surface area contributed by atoms with E-state index in [-0.39, 0.29) is 11.0 Å². The van der Waals surface area contributed by atoms with E-state index in [0.29, 0.717) is 17.2 Å². The second-order valence-electron chi connectivity index (χ2n) is 7.79. The second-order valence-corrected chi connectivity index (χ2v) is 8.58. The Labute approximate surface area is 182 Å². The van der Waals surface area contributed by atoms with Crippen LogP contribution < -0.4 is 5.32 Å². The fourth-order valence-electron chi connectivity index (χ4n) is 2.41. The molecule has 29 heavy (non-hydrogen) atoms. The Bertz CT molecular complexity index is 918. The Morgan fingerprint density at radius 1 is 1.24 bits per heavy atom. The van der Waals surface area contributed by atoms with E-state index in [1.54, 1.807) is 37.3 Å². The molecule has 4 nitrogen and oxygen atoms in total. The zero-order valence-electron chi connectivity index (χ0n) is 18.3. The van der Waals surface area contributed by atoms with E-state index in [1.165, 1.54) is 0 Å². The van der Waals surface area contributed by atoms with Crippen molar-refractivity contribution in [2.45, 2.75) is 53.9 Å². The van der Waals surface area contributed by atoms with Crippen molar-refractivity contribution in [3.05, 3.63) is 81.4 Å². The van der Waals surface area contributed by atoms with Gasteiger partial charge in [-0.3, -0.25) is 9.59 Å². The van der Waals surface area contributed by atoms with Crippen LogP contribution in [-0.2, 0) is 10.2 Å². The first kappa shape index (κ1) is 24.6. The molecule has 1 aromatic rings. The summed E-state index contributed by atoms with van der Waals surface area (Å²) in [6, 6.07) is 1.65. The Morgan fingerprint density at radius 3 is 2.34 bits per heavy atom. The third-order valence-electron chi connectivity index (χ3n) is 4.20. The van der Waals surface area contributed by atoms with Gasteiger partial charge in [-0.15, -0.1) is 0 Å². The molecule has 0 unspecified atom stereocenters. The van der Waals surface area contributed by atoms with Gasteiger partial charge in [-0.25, -0.2) is 0 Å². The number of carbonyl (C=O) groups excluding carboxylic acids is 2. The minimum atomic E-state index is -0.713. The van der Waals surface area contributed by atoms with Crippen molar-refractivity contribution >= 4 is 27.6 Å². The fraction of sp³-hybridized carbons (Fsp3) is 0.333. The number of carbonyl (C=O) groups is 2. The molecule has 1 rings (SSSR count). The van der Waals surface area contributed by atoms with E-state index >= 15 is 0 Å². The number of nitrogens with one attached hydrogen (secondary N) is 1. The van der Waals surface area contributed by atoms with Crippen molar-refractivity contribution in [3.63, 3.8) is 0 Å². The first-order valence-corrected chi connectivity index (χ1v) is 10.2. The molecule has 0 fully saturated rings. The second kappa shape index (κ2) is 10.4. The number of ketones is 1. The number of allylic oxidation sites excluding steroid dienone is 8. The molecule has 5 heteroatoms. The minimum absolute atomic E-state index is 0.252. The maximum atomic E-state index is 12.7. The van der Waals surface area contributed by atoms with Gasteiger partial charge in [-0.2, -0.15) is 0 Å². The van der Waals surface area contributed by atoms with Crippen LogP contribution >= 0.6 is 15.9 Å². The molecule has 0 aliphatic rings. The van der Waals surface area contributed by atoms with Gasteiger partial charge in [0.25, 0.3) is 11.7 Å². The van der Waals surface area contributed by atoms with E-state index < -0.39 is 11.7 Å². The first-order chi connectivity index (χ1) is 13.4. The molecule has 1 amide bonds. The average Bonchev–Trinajstić information content (AvgIpc) is 3.05. The number of amides is 1. The molecule has 1 aromatic heterocycles. The topological polar surface area (TPSA) is 59.3 Å². The zero-order valence-corrected chi connectivity index (χ0v) is 19.9. The summed E-state index contributed by atoms with van der Waals surface area (Å²) in [7, 11) is 0. The maximum absolute atomic E-state index is 12.7. The molecule has 0 saturated carbocycles. The number of furan rings is 1. The van der Waals surface area contributed by atoms with Gasteiger partial charge in [0.2, 0.25) is 0 Å². The van der Waals surface area contributed by atoms with E-state index in [4.69, 9.17) is 4.42 Å². The zero-order chi connectivity index (χ0) is 22.4. The number of halogens is 1. The molecule has 0 aliphatic carbocycles. The molecule has 1 N–H and O–H groups in total. The number of Topliss-reactive ketones (excluding diaryl/α,β-unsaturated/α-hetero) is 1. The van der Waals surface area contributed by atoms with Crippen LogP contribution in [0.25, 0.3) is 0 Å². The number of rotatable bonds is 7. The maximum Gasteiger partial charge on any atom is 0.296 e. The summed E-state index contributed by atoms with van der Waals surface area (Å²) in [6.07, 6.45) is 8.91. The highest BCUT2D eigenvalue weighted by molar-refractivity contribution is 9.12. The number of hydrogen-bond acceptors (Lipinski definition) is 3. The van der Waals surface area contributed by atoms with Crippen LogP contribution in [0.3, 0.4) is 0 Å². The quantitative estimate of drug-likeness (QED) is 0.289. The largest absolute Gasteiger partial charge is 0.465 e. The van der Waals surface area contributed by atoms with E-state index in [9.17, 15) is 9.59 Å². The summed E-state index contributed by atoms with van der Waals surface area (Å²) in [6.45, 7) is 17.1. The van der Waals surface area contributed by atoms with Crippen LogP contribution in [-0.4, -0.2) is 11.7 Å². The Balaban J connectivity index is 3.19. The molecule has 0 aliphatic heterocycles. The van der Waals surface area contributed by atoms with Crippen molar-refractivity contribution in [1.29, 1.82) is 0 Å². The van der Waals surface area contributed by atoms with E-state index in [2.05, 4.69) is 27.8 Å². The summed E-state index contributed by atoms with van der Waals surface area (Å²) in [5.74, 6) is -0.237. The normalized spacial score (nSPS) is 14.1. The highest BCUT2D eigenvalue weighted by Gasteiger charge is 2.26. The average molecular weight is 460 g/mol. The molecular weight excluding hydrogens is 430 g/mol. The summed E-state index contributed by atoms with van der Waals surface area (Å²) < 4.78 is 6.57. The van der Waals surface area contributed by atoms with Gasteiger partial charge in [0, 0.05) is 15.6 Å². The van der Waals surface area contributed by atoms with Crippen molar-refractivity contribution < 1.29 is 14.0 Å². The van der Waals surface area contributed by atoms with Crippen LogP contribution in [0, 0.1) is 6.92 Å². The van der Waals surface area contributed by atoms with Crippen LogP contribution in [0.1, 0.15) is 63.4 Å². The van der Waals surface area contributed by atoms with Crippen LogP contribution in [0.2, 0.25) is 0 Å². The molecule has 0 spiro atoms. The minimum Gasteiger partial charge on any atom is -0.465 e. The highest BCUT2D eigenvalue weighted by atomic mass is 79.9. The Kier molecular flexibility index (Phi) is 8.83. The standard InChI is InChI=1S/C24H30BrNO3/c1-9-11-12-18(13-16(4)21(25)15(3)10-2)26-23(28)22(27)19-14-20(24(6,7)8)29-17(19)5/h9-14H,2H2,1,3-8H3,(H,26,28)/b11-9-,16-13-,18-12-,21-15-. The molecule has 0 aromatic carbocycles. The molecular formula is C24H30BrNO3. The van der Waals surface area contributed by atoms with Gasteiger partial charge in [0.05, 0.1) is 5.56 Å². The lowest BCUT2D eigenvalue weighted by Gasteiger charge is -2.13. The summed E-state index contributed by atoms with van der Waals surface area (Å²) in [4.78, 5) is 25.4. The Hall–Kier alpha value is -2.40. The summed E-state index contributed by atoms with van der Waals surface area (Å²) >= 11 is 3.53. The van der Waals surface area contributed by atoms with E-state index in [0.717, 1.165) is 15.6 Å². The van der Waals surface area contributed by atoms with Crippen LogP contribution in [0.15, 0.2) is 68.8 Å². The number of hydrogen-bond donors (Lipinski definition) is 1. The van der Waals surface area contributed by atoms with Crippen LogP contribution in [0.4, 0.5) is 0 Å². The highest BCUT2D eigenvalue weighted by Crippen LogP contribution is 2.27. The van der Waals surface area contributed by atoms with Gasteiger partial charge in [-0.1, -0.05) is 61.5 Å². The van der Waals surface area contributed by atoms with Crippen LogP contribution in [0.5, 0.6) is 0 Å². The van der Waals surface area contributed by atoms with Crippen molar-refractivity contribution in [2.24, 2.45) is 0 Å². The van der Waals surface area contributed by atoms with Gasteiger partial charge >= 0.3 is 0 Å². The van der Waals surface area contributed by atoms with Gasteiger partial charge in [0.1, 0.15) is 11.5 Å². The SMILES string of the molecule is C=C/C(C)=C(Br)/C(C)=C\C(=C\C=C/C)NC(=O)C(=O)c1cc(C(C)(C)C)oc1C. The first-order valence-electron chi connectivity index (χ1n) is 9.39. The molecule has 0 atom stereocenters. The molecule has 0 bridgehead atoms.